The van der Waals surface area contributed by atoms with Crippen LogP contribution in [-0.4, -0.2) is 28.8 Å². The van der Waals surface area contributed by atoms with Crippen LogP contribution in [0.5, 0.6) is 5.75 Å². The van der Waals surface area contributed by atoms with Crippen LogP contribution in [0.3, 0.4) is 0 Å². The monoisotopic (exact) mass is 316 g/mol. The standard InChI is InChI=1S/C17H24N4O2/c1-11(2)21-16(8-9-18-21)20-17(22)13(4)19-14-10-12(3)6-7-15(14)23-5/h6-11,13,19H,1-5H3,(H,20,22). The average Bonchev–Trinajstić information content (AvgIpc) is 2.95. The fourth-order valence-corrected chi connectivity index (χ4v) is 2.29. The molecular weight excluding hydrogens is 292 g/mol. The molecule has 6 heteroatoms. The molecule has 1 amide bonds. The summed E-state index contributed by atoms with van der Waals surface area (Å²) >= 11 is 0. The summed E-state index contributed by atoms with van der Waals surface area (Å²) in [6, 6.07) is 7.37. The van der Waals surface area contributed by atoms with Crippen molar-refractivity contribution < 1.29 is 9.53 Å². The normalized spacial score (nSPS) is 12.1. The molecule has 2 rings (SSSR count). The van der Waals surface area contributed by atoms with Gasteiger partial charge >= 0.3 is 0 Å². The summed E-state index contributed by atoms with van der Waals surface area (Å²) in [4.78, 5) is 12.4. The Kier molecular flexibility index (Phi) is 5.26. The molecule has 0 fully saturated rings. The minimum Gasteiger partial charge on any atom is -0.495 e. The van der Waals surface area contributed by atoms with Gasteiger partial charge in [-0.05, 0) is 45.4 Å². The highest BCUT2D eigenvalue weighted by Crippen LogP contribution is 2.26. The summed E-state index contributed by atoms with van der Waals surface area (Å²) in [6.07, 6.45) is 1.68. The number of carbonyl (C=O) groups is 1. The van der Waals surface area contributed by atoms with Gasteiger partial charge in [0.05, 0.1) is 19.0 Å². The van der Waals surface area contributed by atoms with Crippen molar-refractivity contribution in [2.24, 2.45) is 0 Å². The Morgan fingerprint density at radius 1 is 1.26 bits per heavy atom. The smallest absolute Gasteiger partial charge is 0.247 e. The van der Waals surface area contributed by atoms with E-state index in [0.717, 1.165) is 11.3 Å². The zero-order chi connectivity index (χ0) is 17.0. The second kappa shape index (κ2) is 7.17. The van der Waals surface area contributed by atoms with E-state index in [9.17, 15) is 4.79 Å². The Balaban J connectivity index is 2.08. The molecule has 1 unspecified atom stereocenters. The molecule has 1 atom stereocenters. The van der Waals surface area contributed by atoms with Crippen molar-refractivity contribution in [3.63, 3.8) is 0 Å². The van der Waals surface area contributed by atoms with E-state index in [0.29, 0.717) is 11.6 Å². The van der Waals surface area contributed by atoms with E-state index >= 15 is 0 Å². The molecule has 0 radical (unpaired) electrons. The van der Waals surface area contributed by atoms with Crippen molar-refractivity contribution in [1.82, 2.24) is 9.78 Å². The molecule has 2 aromatic rings. The van der Waals surface area contributed by atoms with Crippen molar-refractivity contribution in [3.8, 4) is 5.75 Å². The Morgan fingerprint density at radius 2 is 2.00 bits per heavy atom. The first kappa shape index (κ1) is 16.9. The van der Waals surface area contributed by atoms with Crippen LogP contribution in [0.2, 0.25) is 0 Å². The van der Waals surface area contributed by atoms with Crippen LogP contribution in [0.1, 0.15) is 32.4 Å². The number of carbonyl (C=O) groups excluding carboxylic acids is 1. The molecule has 1 heterocycles. The zero-order valence-electron chi connectivity index (χ0n) is 14.3. The number of nitrogens with zero attached hydrogens (tertiary/aromatic N) is 2. The number of hydrogen-bond donors (Lipinski definition) is 2. The largest absolute Gasteiger partial charge is 0.495 e. The number of methoxy groups -OCH3 is 1. The van der Waals surface area contributed by atoms with Crippen molar-refractivity contribution in [2.45, 2.75) is 39.8 Å². The minimum absolute atomic E-state index is 0.129. The van der Waals surface area contributed by atoms with E-state index in [1.165, 1.54) is 0 Å². The van der Waals surface area contributed by atoms with Gasteiger partial charge in [0.1, 0.15) is 17.6 Å². The third-order valence-electron chi connectivity index (χ3n) is 3.53. The molecule has 1 aromatic heterocycles. The average molecular weight is 316 g/mol. The molecule has 6 nitrogen and oxygen atoms in total. The van der Waals surface area contributed by atoms with E-state index in [1.54, 1.807) is 24.1 Å². The third-order valence-corrected chi connectivity index (χ3v) is 3.53. The van der Waals surface area contributed by atoms with Gasteiger partial charge in [-0.2, -0.15) is 5.10 Å². The first-order valence-electron chi connectivity index (χ1n) is 7.68. The highest BCUT2D eigenvalue weighted by Gasteiger charge is 2.17. The second-order valence-corrected chi connectivity index (χ2v) is 5.81. The Hall–Kier alpha value is -2.50. The molecule has 0 aliphatic carbocycles. The van der Waals surface area contributed by atoms with Gasteiger partial charge in [0, 0.05) is 12.1 Å². The predicted molar refractivity (Wildman–Crippen MR) is 92.1 cm³/mol. The van der Waals surface area contributed by atoms with E-state index in [4.69, 9.17) is 4.74 Å². The van der Waals surface area contributed by atoms with E-state index < -0.39 is 6.04 Å². The lowest BCUT2D eigenvalue weighted by Gasteiger charge is -2.18. The maximum atomic E-state index is 12.4. The first-order valence-corrected chi connectivity index (χ1v) is 7.68. The number of anilines is 2. The van der Waals surface area contributed by atoms with Crippen molar-refractivity contribution in [1.29, 1.82) is 0 Å². The van der Waals surface area contributed by atoms with Crippen LogP contribution >= 0.6 is 0 Å². The number of benzene rings is 1. The second-order valence-electron chi connectivity index (χ2n) is 5.81. The molecule has 23 heavy (non-hydrogen) atoms. The lowest BCUT2D eigenvalue weighted by molar-refractivity contribution is -0.116. The van der Waals surface area contributed by atoms with Crippen LogP contribution in [-0.2, 0) is 4.79 Å². The van der Waals surface area contributed by atoms with Gasteiger partial charge in [-0.3, -0.25) is 4.79 Å². The summed E-state index contributed by atoms with van der Waals surface area (Å²) in [7, 11) is 1.61. The lowest BCUT2D eigenvalue weighted by atomic mass is 10.2. The quantitative estimate of drug-likeness (QED) is 0.858. The summed E-state index contributed by atoms with van der Waals surface area (Å²) in [6.45, 7) is 7.84. The maximum Gasteiger partial charge on any atom is 0.247 e. The van der Waals surface area contributed by atoms with Crippen LogP contribution in [0.25, 0.3) is 0 Å². The molecule has 0 saturated carbocycles. The van der Waals surface area contributed by atoms with Gasteiger partial charge in [0.2, 0.25) is 5.91 Å². The molecule has 2 N–H and O–H groups in total. The summed E-state index contributed by atoms with van der Waals surface area (Å²) < 4.78 is 7.10. The number of amides is 1. The Bertz CT molecular complexity index is 679. The third kappa shape index (κ3) is 4.03. The molecule has 124 valence electrons. The predicted octanol–water partition coefficient (Wildman–Crippen LogP) is 3.22. The van der Waals surface area contributed by atoms with Crippen LogP contribution in [0.15, 0.2) is 30.5 Å². The van der Waals surface area contributed by atoms with Gasteiger partial charge in [0.25, 0.3) is 0 Å². The molecular formula is C17H24N4O2. The molecule has 0 aliphatic heterocycles. The van der Waals surface area contributed by atoms with Gasteiger partial charge < -0.3 is 15.4 Å². The molecule has 0 spiro atoms. The fraction of sp³-hybridized carbons (Fsp3) is 0.412. The van der Waals surface area contributed by atoms with Crippen molar-refractivity contribution >= 4 is 17.4 Å². The SMILES string of the molecule is COc1ccc(C)cc1NC(C)C(=O)Nc1ccnn1C(C)C. The topological polar surface area (TPSA) is 68.2 Å². The van der Waals surface area contributed by atoms with Gasteiger partial charge in [-0.15, -0.1) is 0 Å². The molecule has 0 aliphatic rings. The summed E-state index contributed by atoms with van der Waals surface area (Å²) in [5.74, 6) is 1.27. The number of hydrogen-bond acceptors (Lipinski definition) is 4. The van der Waals surface area contributed by atoms with Gasteiger partial charge in [-0.1, -0.05) is 6.07 Å². The lowest BCUT2D eigenvalue weighted by Crippen LogP contribution is -2.33. The number of aromatic nitrogens is 2. The van der Waals surface area contributed by atoms with Gasteiger partial charge in [0.15, 0.2) is 0 Å². The summed E-state index contributed by atoms with van der Waals surface area (Å²) in [5, 5.41) is 10.3. The Labute approximate surface area is 136 Å². The maximum absolute atomic E-state index is 12.4. The zero-order valence-corrected chi connectivity index (χ0v) is 14.3. The van der Waals surface area contributed by atoms with Crippen LogP contribution in [0, 0.1) is 6.92 Å². The first-order chi connectivity index (χ1) is 10.9. The number of nitrogens with one attached hydrogen (secondary N) is 2. The van der Waals surface area contributed by atoms with Crippen molar-refractivity contribution in [3.05, 3.63) is 36.0 Å². The van der Waals surface area contributed by atoms with E-state index in [-0.39, 0.29) is 11.9 Å². The Morgan fingerprint density at radius 3 is 2.65 bits per heavy atom. The number of aryl methyl sites for hydroxylation is 1. The molecule has 0 bridgehead atoms. The molecule has 1 aromatic carbocycles. The van der Waals surface area contributed by atoms with Gasteiger partial charge in [-0.25, -0.2) is 4.68 Å². The minimum atomic E-state index is -0.416. The fourth-order valence-electron chi connectivity index (χ4n) is 2.29. The highest BCUT2D eigenvalue weighted by atomic mass is 16.5. The van der Waals surface area contributed by atoms with E-state index in [2.05, 4.69) is 15.7 Å². The number of rotatable bonds is 6. The van der Waals surface area contributed by atoms with Crippen LogP contribution < -0.4 is 15.4 Å². The number of ether oxygens (including phenoxy) is 1. The summed E-state index contributed by atoms with van der Waals surface area (Å²) in [5.41, 5.74) is 1.89. The van der Waals surface area contributed by atoms with Crippen LogP contribution in [0.4, 0.5) is 11.5 Å². The van der Waals surface area contributed by atoms with E-state index in [1.807, 2.05) is 45.9 Å². The molecule has 0 saturated heterocycles. The highest BCUT2D eigenvalue weighted by molar-refractivity contribution is 5.95. The van der Waals surface area contributed by atoms with Crippen molar-refractivity contribution in [2.75, 3.05) is 17.7 Å².